The molecule has 0 aliphatic heterocycles. The molecule has 3 aromatic carbocycles. The SMILES string of the molecule is CNc1nc(-c2cccc(NC(=O)c3ccc(C(=O)O)cc3)c2)c2cc(OC)c(OC)cc2n1.O=S(=O)(O)O. The van der Waals surface area contributed by atoms with Gasteiger partial charge in [-0.25, -0.2) is 14.8 Å². The molecular weight excluding hydrogens is 532 g/mol. The van der Waals surface area contributed by atoms with Crippen LogP contribution in [0.5, 0.6) is 11.5 Å². The Balaban J connectivity index is 0.000000771. The number of amides is 1. The molecule has 5 N–H and O–H groups in total. The van der Waals surface area contributed by atoms with Crippen LogP contribution in [0.15, 0.2) is 60.7 Å². The number of carbonyl (C=O) groups is 2. The molecule has 14 heteroatoms. The van der Waals surface area contributed by atoms with E-state index in [2.05, 4.69) is 20.6 Å². The second-order valence-electron chi connectivity index (χ2n) is 7.74. The number of aromatic nitrogens is 2. The van der Waals surface area contributed by atoms with Crippen LogP contribution in [-0.2, 0) is 10.4 Å². The Morgan fingerprint density at radius 1 is 0.872 bits per heavy atom. The standard InChI is InChI=1S/C25H22N4O5.H2O4S/c1-26-25-28-19-13-21(34-3)20(33-2)12-18(19)22(29-25)16-5-4-6-17(11-16)27-23(30)14-7-9-15(10-8-14)24(31)32;1-5(2,3)4/h4-13H,1-3H3,(H,27,30)(H,31,32)(H,26,28,29);(H2,1,2,3,4). The van der Waals surface area contributed by atoms with Crippen molar-refractivity contribution < 1.29 is 41.7 Å². The first-order valence-electron chi connectivity index (χ1n) is 11.0. The van der Waals surface area contributed by atoms with Crippen molar-refractivity contribution in [3.8, 4) is 22.8 Å². The van der Waals surface area contributed by atoms with Gasteiger partial charge in [0.25, 0.3) is 5.91 Å². The molecule has 0 saturated heterocycles. The van der Waals surface area contributed by atoms with E-state index in [1.54, 1.807) is 39.5 Å². The average Bonchev–Trinajstić information content (AvgIpc) is 2.90. The number of nitrogens with one attached hydrogen (secondary N) is 2. The minimum Gasteiger partial charge on any atom is -0.493 e. The molecule has 1 aromatic heterocycles. The number of ether oxygens (including phenoxy) is 2. The summed E-state index contributed by atoms with van der Waals surface area (Å²) in [6, 6.07) is 16.6. The Morgan fingerprint density at radius 2 is 1.46 bits per heavy atom. The lowest BCUT2D eigenvalue weighted by atomic mass is 10.0. The summed E-state index contributed by atoms with van der Waals surface area (Å²) >= 11 is 0. The van der Waals surface area contributed by atoms with E-state index in [4.69, 9.17) is 32.1 Å². The third-order valence-corrected chi connectivity index (χ3v) is 5.21. The predicted molar refractivity (Wildman–Crippen MR) is 143 cm³/mol. The highest BCUT2D eigenvalue weighted by Gasteiger charge is 2.15. The maximum absolute atomic E-state index is 12.7. The Kier molecular flexibility index (Phi) is 8.98. The number of carboxylic acid groups (broad SMARTS) is 1. The molecule has 4 rings (SSSR count). The summed E-state index contributed by atoms with van der Waals surface area (Å²) in [5, 5.41) is 15.6. The molecule has 13 nitrogen and oxygen atoms in total. The van der Waals surface area contributed by atoms with Gasteiger partial charge in [-0.2, -0.15) is 8.42 Å². The van der Waals surface area contributed by atoms with Gasteiger partial charge in [0.1, 0.15) is 0 Å². The molecule has 0 aliphatic carbocycles. The van der Waals surface area contributed by atoms with Gasteiger partial charge >= 0.3 is 16.4 Å². The first-order valence-corrected chi connectivity index (χ1v) is 12.4. The molecule has 0 bridgehead atoms. The first kappa shape index (κ1) is 28.8. The normalized spacial score (nSPS) is 10.7. The summed E-state index contributed by atoms with van der Waals surface area (Å²) in [4.78, 5) is 32.9. The molecule has 0 unspecified atom stereocenters. The number of carbonyl (C=O) groups excluding carboxylic acids is 1. The minimum atomic E-state index is -4.67. The molecule has 0 spiro atoms. The van der Waals surface area contributed by atoms with Gasteiger partial charge in [-0.05, 0) is 42.5 Å². The number of methoxy groups -OCH3 is 2. The van der Waals surface area contributed by atoms with Crippen LogP contribution in [0.4, 0.5) is 11.6 Å². The number of hydrogen-bond donors (Lipinski definition) is 5. The van der Waals surface area contributed by atoms with Crippen molar-refractivity contribution in [3.63, 3.8) is 0 Å². The molecule has 1 heterocycles. The number of hydrogen-bond acceptors (Lipinski definition) is 9. The molecule has 1 amide bonds. The van der Waals surface area contributed by atoms with Gasteiger partial charge in [0.05, 0.1) is 31.0 Å². The minimum absolute atomic E-state index is 0.113. The predicted octanol–water partition coefficient (Wildman–Crippen LogP) is 3.65. The fourth-order valence-electron chi connectivity index (χ4n) is 3.50. The van der Waals surface area contributed by atoms with Crippen LogP contribution in [-0.4, -0.2) is 65.7 Å². The zero-order valence-electron chi connectivity index (χ0n) is 20.9. The number of anilines is 2. The lowest BCUT2D eigenvalue weighted by Crippen LogP contribution is -2.12. The van der Waals surface area contributed by atoms with Crippen molar-refractivity contribution in [1.82, 2.24) is 9.97 Å². The van der Waals surface area contributed by atoms with Crippen LogP contribution in [0, 0.1) is 0 Å². The highest BCUT2D eigenvalue weighted by Crippen LogP contribution is 2.36. The molecular formula is C25H24N4O9S. The quantitative estimate of drug-likeness (QED) is 0.207. The zero-order chi connectivity index (χ0) is 28.7. The molecule has 0 radical (unpaired) electrons. The number of aromatic carboxylic acids is 1. The lowest BCUT2D eigenvalue weighted by molar-refractivity contribution is 0.0696. The van der Waals surface area contributed by atoms with Gasteiger partial charge in [0.2, 0.25) is 5.95 Å². The summed E-state index contributed by atoms with van der Waals surface area (Å²) in [7, 11) is 0.190. The van der Waals surface area contributed by atoms with Crippen molar-refractivity contribution in [2.24, 2.45) is 0 Å². The molecule has 0 saturated carbocycles. The topological polar surface area (TPSA) is 197 Å². The molecule has 4 aromatic rings. The van der Waals surface area contributed by atoms with E-state index in [9.17, 15) is 9.59 Å². The summed E-state index contributed by atoms with van der Waals surface area (Å²) in [6.45, 7) is 0. The lowest BCUT2D eigenvalue weighted by Gasteiger charge is -2.13. The van der Waals surface area contributed by atoms with Crippen LogP contribution in [0.25, 0.3) is 22.2 Å². The number of nitrogens with zero attached hydrogens (tertiary/aromatic N) is 2. The second-order valence-corrected chi connectivity index (χ2v) is 8.63. The van der Waals surface area contributed by atoms with E-state index in [1.165, 1.54) is 24.3 Å². The van der Waals surface area contributed by atoms with Crippen LogP contribution < -0.4 is 20.1 Å². The van der Waals surface area contributed by atoms with Crippen LogP contribution in [0.3, 0.4) is 0 Å². The molecule has 0 aliphatic rings. The number of carboxylic acids is 1. The smallest absolute Gasteiger partial charge is 0.394 e. The molecule has 39 heavy (non-hydrogen) atoms. The van der Waals surface area contributed by atoms with Gasteiger partial charge in [-0.1, -0.05) is 12.1 Å². The van der Waals surface area contributed by atoms with E-state index in [0.717, 1.165) is 10.9 Å². The monoisotopic (exact) mass is 556 g/mol. The molecule has 204 valence electrons. The summed E-state index contributed by atoms with van der Waals surface area (Å²) in [5.41, 5.74) is 3.09. The third-order valence-electron chi connectivity index (χ3n) is 5.21. The van der Waals surface area contributed by atoms with E-state index >= 15 is 0 Å². The van der Waals surface area contributed by atoms with Crippen molar-refractivity contribution in [2.45, 2.75) is 0 Å². The highest BCUT2D eigenvalue weighted by atomic mass is 32.3. The third kappa shape index (κ3) is 7.61. The van der Waals surface area contributed by atoms with Gasteiger partial charge < -0.3 is 25.2 Å². The fourth-order valence-corrected chi connectivity index (χ4v) is 3.50. The Labute approximate surface area is 223 Å². The Bertz CT molecular complexity index is 1620. The summed E-state index contributed by atoms with van der Waals surface area (Å²) < 4.78 is 42.4. The van der Waals surface area contributed by atoms with E-state index in [-0.39, 0.29) is 11.5 Å². The van der Waals surface area contributed by atoms with Gasteiger partial charge in [0.15, 0.2) is 11.5 Å². The van der Waals surface area contributed by atoms with Crippen molar-refractivity contribution in [2.75, 3.05) is 31.9 Å². The summed E-state index contributed by atoms with van der Waals surface area (Å²) in [6.07, 6.45) is 0. The molecule has 0 atom stereocenters. The number of benzene rings is 3. The van der Waals surface area contributed by atoms with E-state index in [0.29, 0.717) is 39.9 Å². The maximum atomic E-state index is 12.7. The Morgan fingerprint density at radius 3 is 2.03 bits per heavy atom. The second kappa shape index (κ2) is 12.2. The number of fused-ring (bicyclic) bond motifs is 1. The highest BCUT2D eigenvalue weighted by molar-refractivity contribution is 7.79. The van der Waals surface area contributed by atoms with Gasteiger partial charge in [0, 0.05) is 35.3 Å². The van der Waals surface area contributed by atoms with Gasteiger partial charge in [-0.15, -0.1) is 0 Å². The van der Waals surface area contributed by atoms with Crippen LogP contribution in [0.2, 0.25) is 0 Å². The average molecular weight is 557 g/mol. The van der Waals surface area contributed by atoms with Crippen molar-refractivity contribution in [1.29, 1.82) is 0 Å². The zero-order valence-corrected chi connectivity index (χ0v) is 21.7. The molecule has 0 fully saturated rings. The van der Waals surface area contributed by atoms with Gasteiger partial charge in [-0.3, -0.25) is 13.9 Å². The Hall–Kier alpha value is -4.79. The van der Waals surface area contributed by atoms with Crippen molar-refractivity contribution in [3.05, 3.63) is 71.8 Å². The largest absolute Gasteiger partial charge is 0.493 e. The van der Waals surface area contributed by atoms with Crippen LogP contribution >= 0.6 is 0 Å². The van der Waals surface area contributed by atoms with Crippen molar-refractivity contribution >= 4 is 44.8 Å². The maximum Gasteiger partial charge on any atom is 0.394 e. The first-order chi connectivity index (χ1) is 18.4. The van der Waals surface area contributed by atoms with Crippen LogP contribution in [0.1, 0.15) is 20.7 Å². The number of rotatable bonds is 7. The van der Waals surface area contributed by atoms with E-state index in [1.807, 2.05) is 18.2 Å². The van der Waals surface area contributed by atoms with E-state index < -0.39 is 16.4 Å². The fraction of sp³-hybridized carbons (Fsp3) is 0.120. The summed E-state index contributed by atoms with van der Waals surface area (Å²) in [5.74, 6) is 0.126.